The Hall–Kier alpha value is -0.350. The third kappa shape index (κ3) is 2.42. The van der Waals surface area contributed by atoms with E-state index in [-0.39, 0.29) is 0 Å². The summed E-state index contributed by atoms with van der Waals surface area (Å²) in [6, 6.07) is 1.07. The van der Waals surface area contributed by atoms with E-state index < -0.39 is 0 Å². The number of aromatic nitrogens is 2. The maximum Gasteiger partial charge on any atom is 0.107 e. The molecule has 84 valence electrons. The molecule has 15 heavy (non-hydrogen) atoms. The molecule has 0 radical (unpaired) electrons. The van der Waals surface area contributed by atoms with E-state index in [1.807, 2.05) is 10.9 Å². The van der Waals surface area contributed by atoms with E-state index in [1.165, 1.54) is 24.9 Å². The fourth-order valence-electron chi connectivity index (χ4n) is 2.08. The van der Waals surface area contributed by atoms with Crippen molar-refractivity contribution < 1.29 is 0 Å². The van der Waals surface area contributed by atoms with Crippen LogP contribution in [0.4, 0.5) is 0 Å². The average Bonchev–Trinajstić information content (AvgIpc) is 2.78. The Balaban J connectivity index is 2.08. The van der Waals surface area contributed by atoms with Crippen molar-refractivity contribution >= 4 is 15.9 Å². The van der Waals surface area contributed by atoms with Crippen LogP contribution in [0.3, 0.4) is 0 Å². The molecule has 0 saturated carbocycles. The monoisotopic (exact) mass is 271 g/mol. The van der Waals surface area contributed by atoms with Crippen molar-refractivity contribution in [2.45, 2.75) is 45.2 Å². The first-order valence-corrected chi connectivity index (χ1v) is 6.43. The smallest absolute Gasteiger partial charge is 0.107 e. The second-order valence-electron chi connectivity index (χ2n) is 4.50. The Bertz CT molecular complexity index is 327. The summed E-state index contributed by atoms with van der Waals surface area (Å²) in [5, 5.41) is 7.91. The molecule has 1 saturated heterocycles. The summed E-state index contributed by atoms with van der Waals surface area (Å²) >= 11 is 3.63. The zero-order chi connectivity index (χ0) is 10.8. The molecule has 2 rings (SSSR count). The van der Waals surface area contributed by atoms with Gasteiger partial charge in [-0.2, -0.15) is 5.10 Å². The van der Waals surface area contributed by atoms with Gasteiger partial charge in [0.15, 0.2) is 0 Å². The molecule has 4 heteroatoms. The van der Waals surface area contributed by atoms with E-state index >= 15 is 0 Å². The van der Waals surface area contributed by atoms with Crippen LogP contribution in [0.15, 0.2) is 10.8 Å². The number of halogens is 1. The molecule has 0 aliphatic carbocycles. The van der Waals surface area contributed by atoms with Gasteiger partial charge in [-0.05, 0) is 55.6 Å². The van der Waals surface area contributed by atoms with Gasteiger partial charge in [-0.25, -0.2) is 0 Å². The van der Waals surface area contributed by atoms with Gasteiger partial charge in [-0.15, -0.1) is 0 Å². The number of hydrogen-bond acceptors (Lipinski definition) is 2. The quantitative estimate of drug-likeness (QED) is 0.916. The molecule has 1 aliphatic rings. The van der Waals surface area contributed by atoms with Crippen LogP contribution in [-0.2, 0) is 6.42 Å². The first kappa shape index (κ1) is 11.1. The number of hydrogen-bond donors (Lipinski definition) is 1. The third-order valence-electron chi connectivity index (χ3n) is 2.92. The Morgan fingerprint density at radius 3 is 3.00 bits per heavy atom. The van der Waals surface area contributed by atoms with Crippen molar-refractivity contribution in [2.75, 3.05) is 6.54 Å². The molecule has 1 aromatic heterocycles. The number of rotatable bonds is 3. The minimum atomic E-state index is 0.421. The molecule has 0 aromatic carbocycles. The summed E-state index contributed by atoms with van der Waals surface area (Å²) in [4.78, 5) is 0. The zero-order valence-corrected chi connectivity index (χ0v) is 10.9. The molecule has 1 atom stereocenters. The summed E-state index contributed by atoms with van der Waals surface area (Å²) in [5.74, 6) is 0. The van der Waals surface area contributed by atoms with Crippen molar-refractivity contribution in [1.29, 1.82) is 0 Å². The molecule has 1 unspecified atom stereocenters. The Morgan fingerprint density at radius 1 is 1.67 bits per heavy atom. The lowest BCUT2D eigenvalue weighted by Gasteiger charge is -2.10. The molecule has 0 bridgehead atoms. The lowest BCUT2D eigenvalue weighted by Crippen LogP contribution is -2.23. The highest BCUT2D eigenvalue weighted by atomic mass is 79.9. The fourth-order valence-corrected chi connectivity index (χ4v) is 2.84. The molecule has 2 heterocycles. The van der Waals surface area contributed by atoms with Crippen molar-refractivity contribution in [3.05, 3.63) is 16.4 Å². The summed E-state index contributed by atoms with van der Waals surface area (Å²) < 4.78 is 3.18. The molecular formula is C11H18BrN3. The van der Waals surface area contributed by atoms with Crippen molar-refractivity contribution in [3.8, 4) is 0 Å². The zero-order valence-electron chi connectivity index (χ0n) is 9.33. The number of nitrogens with one attached hydrogen (secondary N) is 1. The lowest BCUT2D eigenvalue weighted by atomic mass is 10.1. The van der Waals surface area contributed by atoms with Crippen molar-refractivity contribution in [2.24, 2.45) is 0 Å². The van der Waals surface area contributed by atoms with Gasteiger partial charge >= 0.3 is 0 Å². The largest absolute Gasteiger partial charge is 0.314 e. The third-order valence-corrected chi connectivity index (χ3v) is 3.79. The second kappa shape index (κ2) is 4.66. The van der Waals surface area contributed by atoms with E-state index in [1.54, 1.807) is 0 Å². The van der Waals surface area contributed by atoms with E-state index in [0.717, 1.165) is 11.0 Å². The molecule has 1 aromatic rings. The minimum Gasteiger partial charge on any atom is -0.314 e. The number of nitrogens with zero attached hydrogens (tertiary/aromatic N) is 2. The van der Waals surface area contributed by atoms with Crippen LogP contribution in [0, 0.1) is 0 Å². The normalized spacial score (nSPS) is 21.5. The maximum atomic E-state index is 4.40. The highest BCUT2D eigenvalue weighted by Crippen LogP contribution is 2.23. The van der Waals surface area contributed by atoms with Gasteiger partial charge in [0, 0.05) is 17.6 Å². The van der Waals surface area contributed by atoms with Gasteiger partial charge in [-0.1, -0.05) is 0 Å². The topological polar surface area (TPSA) is 29.9 Å². The first-order chi connectivity index (χ1) is 7.18. The van der Waals surface area contributed by atoms with Crippen LogP contribution in [0.2, 0.25) is 0 Å². The Morgan fingerprint density at radius 2 is 2.47 bits per heavy atom. The van der Waals surface area contributed by atoms with Crippen LogP contribution in [0.1, 0.15) is 38.3 Å². The van der Waals surface area contributed by atoms with Crippen LogP contribution in [0.25, 0.3) is 0 Å². The first-order valence-electron chi connectivity index (χ1n) is 5.63. The van der Waals surface area contributed by atoms with E-state index in [9.17, 15) is 0 Å². The summed E-state index contributed by atoms with van der Waals surface area (Å²) in [7, 11) is 0. The highest BCUT2D eigenvalue weighted by molar-refractivity contribution is 9.10. The van der Waals surface area contributed by atoms with E-state index in [4.69, 9.17) is 0 Å². The lowest BCUT2D eigenvalue weighted by molar-refractivity contribution is 0.520. The maximum absolute atomic E-state index is 4.40. The van der Waals surface area contributed by atoms with Crippen LogP contribution >= 0.6 is 15.9 Å². The van der Waals surface area contributed by atoms with Gasteiger partial charge in [0.2, 0.25) is 0 Å². The molecule has 0 spiro atoms. The summed E-state index contributed by atoms with van der Waals surface area (Å²) in [6.45, 7) is 5.46. The molecule has 1 aliphatic heterocycles. The van der Waals surface area contributed by atoms with Gasteiger partial charge in [-0.3, -0.25) is 4.68 Å². The highest BCUT2D eigenvalue weighted by Gasteiger charge is 2.18. The predicted molar refractivity (Wildman–Crippen MR) is 65.0 cm³/mol. The standard InChI is InChI=1S/C11H18BrN3/c1-8(2)15-11(12)9(7-14-15)6-10-4-3-5-13-10/h7-8,10,13H,3-6H2,1-2H3. The van der Waals surface area contributed by atoms with Gasteiger partial charge < -0.3 is 5.32 Å². The van der Waals surface area contributed by atoms with Crippen molar-refractivity contribution in [3.63, 3.8) is 0 Å². The Labute approximate surface area is 99.4 Å². The van der Waals surface area contributed by atoms with Crippen LogP contribution < -0.4 is 5.32 Å². The van der Waals surface area contributed by atoms with E-state index in [2.05, 4.69) is 40.2 Å². The van der Waals surface area contributed by atoms with Crippen LogP contribution in [-0.4, -0.2) is 22.4 Å². The molecule has 1 N–H and O–H groups in total. The second-order valence-corrected chi connectivity index (χ2v) is 5.25. The van der Waals surface area contributed by atoms with Crippen LogP contribution in [0.5, 0.6) is 0 Å². The van der Waals surface area contributed by atoms with Crippen molar-refractivity contribution in [1.82, 2.24) is 15.1 Å². The summed E-state index contributed by atoms with van der Waals surface area (Å²) in [6.07, 6.45) is 5.68. The van der Waals surface area contributed by atoms with Gasteiger partial charge in [0.1, 0.15) is 4.60 Å². The fraction of sp³-hybridized carbons (Fsp3) is 0.727. The van der Waals surface area contributed by atoms with Gasteiger partial charge in [0.05, 0.1) is 6.20 Å². The molecule has 0 amide bonds. The molecular weight excluding hydrogens is 254 g/mol. The molecule has 3 nitrogen and oxygen atoms in total. The SMILES string of the molecule is CC(C)n1ncc(CC2CCCN2)c1Br. The van der Waals surface area contributed by atoms with Gasteiger partial charge in [0.25, 0.3) is 0 Å². The predicted octanol–water partition coefficient (Wildman–Crippen LogP) is 2.52. The molecule has 1 fully saturated rings. The average molecular weight is 272 g/mol. The van der Waals surface area contributed by atoms with E-state index in [0.29, 0.717) is 12.1 Å². The summed E-state index contributed by atoms with van der Waals surface area (Å²) in [5.41, 5.74) is 1.32. The minimum absolute atomic E-state index is 0.421. The Kier molecular flexibility index (Phi) is 3.46.